The average Bonchev–Trinajstić information content (AvgIpc) is 2.36. The fourth-order valence-electron chi connectivity index (χ4n) is 2.02. The van der Waals surface area contributed by atoms with Crippen molar-refractivity contribution < 1.29 is 19.4 Å². The van der Waals surface area contributed by atoms with Crippen molar-refractivity contribution in [3.05, 3.63) is 41.2 Å². The minimum Gasteiger partial charge on any atom is -0.478 e. The molecule has 0 radical (unpaired) electrons. The number of halogens is 1. The molecule has 1 aromatic carbocycles. The summed E-state index contributed by atoms with van der Waals surface area (Å²) in [5.74, 6) is -1.46. The predicted octanol–water partition coefficient (Wildman–Crippen LogP) is 2.13. The Hall–Kier alpha value is -1.72. The van der Waals surface area contributed by atoms with Crippen LogP contribution in [0.5, 0.6) is 0 Å². The van der Waals surface area contributed by atoms with Gasteiger partial charge in [-0.25, -0.2) is 9.18 Å². The zero-order valence-corrected chi connectivity index (χ0v) is 11.6. The summed E-state index contributed by atoms with van der Waals surface area (Å²) in [7, 11) is 0. The third-order valence-electron chi connectivity index (χ3n) is 2.76. The number of aliphatic carboxylic acids is 1. The number of rotatable bonds is 8. The number of hydrogen-bond acceptors (Lipinski definition) is 3. The van der Waals surface area contributed by atoms with E-state index in [1.165, 1.54) is 18.2 Å². The van der Waals surface area contributed by atoms with Gasteiger partial charge in [0.25, 0.3) is 0 Å². The molecule has 0 aliphatic heterocycles. The van der Waals surface area contributed by atoms with Crippen molar-refractivity contribution in [3.8, 4) is 0 Å². The van der Waals surface area contributed by atoms with Gasteiger partial charge in [-0.3, -0.25) is 4.90 Å². The van der Waals surface area contributed by atoms with Crippen molar-refractivity contribution in [1.82, 2.24) is 4.90 Å². The summed E-state index contributed by atoms with van der Waals surface area (Å²) in [6, 6.07) is 4.47. The van der Waals surface area contributed by atoms with Crippen molar-refractivity contribution in [3.63, 3.8) is 0 Å². The second kappa shape index (κ2) is 8.45. The van der Waals surface area contributed by atoms with Crippen LogP contribution in [-0.2, 0) is 11.3 Å². The average molecular weight is 281 g/mol. The highest BCUT2D eigenvalue weighted by atomic mass is 19.1. The number of aliphatic hydroxyl groups is 1. The lowest BCUT2D eigenvalue weighted by atomic mass is 10.1. The molecule has 0 aromatic heterocycles. The molecule has 5 heteroatoms. The van der Waals surface area contributed by atoms with Crippen molar-refractivity contribution in [1.29, 1.82) is 0 Å². The number of carboxylic acids is 1. The number of hydrogen-bond donors (Lipinski definition) is 2. The van der Waals surface area contributed by atoms with Crippen molar-refractivity contribution in [2.45, 2.75) is 19.9 Å². The standard InChI is InChI=1S/C15H20FNO3/c1-2-5-17(6-7-18)11-13-8-12(3-4-15(19)20)9-14(16)10-13/h3-4,8-10,18H,2,5-7,11H2,1H3,(H,19,20). The second-order valence-electron chi connectivity index (χ2n) is 4.56. The van der Waals surface area contributed by atoms with Gasteiger partial charge in [0.2, 0.25) is 0 Å². The minimum atomic E-state index is -1.07. The van der Waals surface area contributed by atoms with E-state index in [0.29, 0.717) is 18.7 Å². The van der Waals surface area contributed by atoms with Crippen LogP contribution in [0.4, 0.5) is 4.39 Å². The molecule has 0 aliphatic carbocycles. The van der Waals surface area contributed by atoms with Gasteiger partial charge in [0.1, 0.15) is 5.82 Å². The van der Waals surface area contributed by atoms with Gasteiger partial charge in [-0.15, -0.1) is 0 Å². The molecular formula is C15H20FNO3. The Bertz CT molecular complexity index is 468. The van der Waals surface area contributed by atoms with E-state index in [-0.39, 0.29) is 6.61 Å². The van der Waals surface area contributed by atoms with Gasteiger partial charge in [-0.05, 0) is 42.3 Å². The first kappa shape index (κ1) is 16.3. The van der Waals surface area contributed by atoms with Crippen LogP contribution < -0.4 is 0 Å². The Balaban J connectivity index is 2.85. The Kier molecular flexibility index (Phi) is 6.90. The van der Waals surface area contributed by atoms with Gasteiger partial charge in [0.15, 0.2) is 0 Å². The molecule has 110 valence electrons. The normalized spacial score (nSPS) is 11.4. The highest BCUT2D eigenvalue weighted by Gasteiger charge is 2.06. The summed E-state index contributed by atoms with van der Waals surface area (Å²) < 4.78 is 13.5. The molecule has 4 nitrogen and oxygen atoms in total. The van der Waals surface area contributed by atoms with E-state index < -0.39 is 11.8 Å². The lowest BCUT2D eigenvalue weighted by Gasteiger charge is -2.20. The van der Waals surface area contributed by atoms with E-state index in [4.69, 9.17) is 10.2 Å². The maximum Gasteiger partial charge on any atom is 0.328 e. The van der Waals surface area contributed by atoms with E-state index in [1.807, 2.05) is 11.8 Å². The molecule has 1 aromatic rings. The molecule has 0 bridgehead atoms. The van der Waals surface area contributed by atoms with E-state index in [1.54, 1.807) is 6.07 Å². The van der Waals surface area contributed by atoms with E-state index in [0.717, 1.165) is 24.6 Å². The van der Waals surface area contributed by atoms with Crippen LogP contribution in [0.15, 0.2) is 24.3 Å². The molecule has 0 fully saturated rings. The van der Waals surface area contributed by atoms with Gasteiger partial charge in [-0.2, -0.15) is 0 Å². The molecule has 1 rings (SSSR count). The minimum absolute atomic E-state index is 0.0566. The highest BCUT2D eigenvalue weighted by molar-refractivity contribution is 5.85. The smallest absolute Gasteiger partial charge is 0.328 e. The maximum atomic E-state index is 13.5. The summed E-state index contributed by atoms with van der Waals surface area (Å²) >= 11 is 0. The molecule has 0 saturated carbocycles. The van der Waals surface area contributed by atoms with Crippen molar-refractivity contribution in [2.75, 3.05) is 19.7 Å². The predicted molar refractivity (Wildman–Crippen MR) is 75.7 cm³/mol. The first-order valence-corrected chi connectivity index (χ1v) is 6.59. The molecule has 0 saturated heterocycles. The Labute approximate surface area is 118 Å². The van der Waals surface area contributed by atoms with E-state index >= 15 is 0 Å². The molecule has 20 heavy (non-hydrogen) atoms. The largest absolute Gasteiger partial charge is 0.478 e. The lowest BCUT2D eigenvalue weighted by molar-refractivity contribution is -0.131. The summed E-state index contributed by atoms with van der Waals surface area (Å²) in [6.07, 6.45) is 3.29. The Morgan fingerprint density at radius 3 is 2.70 bits per heavy atom. The van der Waals surface area contributed by atoms with Gasteiger partial charge in [0.05, 0.1) is 6.61 Å². The first-order chi connectivity index (χ1) is 9.55. The first-order valence-electron chi connectivity index (χ1n) is 6.59. The summed E-state index contributed by atoms with van der Waals surface area (Å²) in [6.45, 7) is 3.97. The third kappa shape index (κ3) is 5.95. The third-order valence-corrected chi connectivity index (χ3v) is 2.76. The number of carbonyl (C=O) groups is 1. The maximum absolute atomic E-state index is 13.5. The Morgan fingerprint density at radius 1 is 1.35 bits per heavy atom. The zero-order chi connectivity index (χ0) is 15.0. The molecule has 0 amide bonds. The topological polar surface area (TPSA) is 60.8 Å². The molecule has 0 heterocycles. The van der Waals surface area contributed by atoms with Crippen molar-refractivity contribution in [2.24, 2.45) is 0 Å². The number of carboxylic acid groups (broad SMARTS) is 1. The zero-order valence-electron chi connectivity index (χ0n) is 11.6. The fourth-order valence-corrected chi connectivity index (χ4v) is 2.02. The molecule has 0 aliphatic rings. The quantitative estimate of drug-likeness (QED) is 0.717. The summed E-state index contributed by atoms with van der Waals surface area (Å²) in [5, 5.41) is 17.6. The van der Waals surface area contributed by atoms with Crippen molar-refractivity contribution >= 4 is 12.0 Å². The van der Waals surface area contributed by atoms with E-state index in [9.17, 15) is 9.18 Å². The van der Waals surface area contributed by atoms with Crippen LogP contribution in [0.2, 0.25) is 0 Å². The van der Waals surface area contributed by atoms with Gasteiger partial charge >= 0.3 is 5.97 Å². The number of nitrogens with zero attached hydrogens (tertiary/aromatic N) is 1. The highest BCUT2D eigenvalue weighted by Crippen LogP contribution is 2.13. The number of benzene rings is 1. The Morgan fingerprint density at radius 2 is 2.10 bits per heavy atom. The summed E-state index contributed by atoms with van der Waals surface area (Å²) in [5.41, 5.74) is 1.28. The van der Waals surface area contributed by atoms with Crippen LogP contribution in [-0.4, -0.2) is 40.8 Å². The molecule has 2 N–H and O–H groups in total. The van der Waals surface area contributed by atoms with Gasteiger partial charge in [-0.1, -0.05) is 13.0 Å². The molecule has 0 spiro atoms. The van der Waals surface area contributed by atoms with Crippen LogP contribution in [0, 0.1) is 5.82 Å². The molecular weight excluding hydrogens is 261 g/mol. The monoisotopic (exact) mass is 281 g/mol. The molecule has 0 unspecified atom stereocenters. The van der Waals surface area contributed by atoms with Crippen LogP contribution in [0.1, 0.15) is 24.5 Å². The lowest BCUT2D eigenvalue weighted by Crippen LogP contribution is -2.27. The van der Waals surface area contributed by atoms with Crippen LogP contribution in [0.3, 0.4) is 0 Å². The van der Waals surface area contributed by atoms with Gasteiger partial charge in [0, 0.05) is 19.2 Å². The number of aliphatic hydroxyl groups excluding tert-OH is 1. The SMILES string of the molecule is CCCN(CCO)Cc1cc(F)cc(C=CC(=O)O)c1. The summed E-state index contributed by atoms with van der Waals surface area (Å²) in [4.78, 5) is 12.5. The fraction of sp³-hybridized carbons (Fsp3) is 0.400. The van der Waals surface area contributed by atoms with Crippen LogP contribution in [0.25, 0.3) is 6.08 Å². The van der Waals surface area contributed by atoms with E-state index in [2.05, 4.69) is 0 Å². The van der Waals surface area contributed by atoms with Crippen LogP contribution >= 0.6 is 0 Å². The van der Waals surface area contributed by atoms with Gasteiger partial charge < -0.3 is 10.2 Å². The molecule has 0 atom stereocenters. The second-order valence-corrected chi connectivity index (χ2v) is 4.56.